The minimum atomic E-state index is -1.01. The van der Waals surface area contributed by atoms with Crippen molar-refractivity contribution in [2.24, 2.45) is 0 Å². The zero-order valence-corrected chi connectivity index (χ0v) is 15.7. The second kappa shape index (κ2) is 7.30. The van der Waals surface area contributed by atoms with Crippen molar-refractivity contribution in [1.29, 1.82) is 0 Å². The fraction of sp³-hybridized carbons (Fsp3) is 0.190. The highest BCUT2D eigenvalue weighted by atomic mass is 32.2. The van der Waals surface area contributed by atoms with Crippen LogP contribution in [0.1, 0.15) is 30.0 Å². The summed E-state index contributed by atoms with van der Waals surface area (Å²) < 4.78 is 16.8. The summed E-state index contributed by atoms with van der Waals surface area (Å²) in [6.07, 6.45) is 3.66. The van der Waals surface area contributed by atoms with E-state index in [-0.39, 0.29) is 6.42 Å². The van der Waals surface area contributed by atoms with Gasteiger partial charge in [0.15, 0.2) is 0 Å². The average Bonchev–Trinajstić information content (AvgIpc) is 2.87. The molecule has 4 nitrogen and oxygen atoms in total. The molecule has 0 amide bonds. The summed E-state index contributed by atoms with van der Waals surface area (Å²) in [6, 6.07) is 13.3. The maximum absolute atomic E-state index is 11.5. The molecular weight excluding hydrogens is 348 g/mol. The molecule has 1 N–H and O–H groups in total. The Balaban J connectivity index is 2.10. The molecule has 134 valence electrons. The maximum Gasteiger partial charge on any atom is 0.307 e. The molecule has 1 unspecified atom stereocenters. The van der Waals surface area contributed by atoms with Crippen LogP contribution in [0.2, 0.25) is 0 Å². The van der Waals surface area contributed by atoms with Crippen LogP contribution in [0.3, 0.4) is 0 Å². The molecule has 1 aliphatic carbocycles. The van der Waals surface area contributed by atoms with Gasteiger partial charge in [-0.1, -0.05) is 18.2 Å². The standard InChI is InChI=1S/C21H20O4S/c1-13-18(10-14-4-7-16(8-5-14)26(3)24)17-9-6-15(25-2)11-20(17)19(13)12-21(22)23/h4-11H,12H2,1-3H3,(H,22,23)/b18-10-. The van der Waals surface area contributed by atoms with Gasteiger partial charge in [0.2, 0.25) is 0 Å². The fourth-order valence-electron chi connectivity index (χ4n) is 3.19. The van der Waals surface area contributed by atoms with Crippen LogP contribution in [0.5, 0.6) is 5.75 Å². The van der Waals surface area contributed by atoms with Crippen molar-refractivity contribution >= 4 is 34.0 Å². The number of aliphatic carboxylic acids is 1. The number of rotatable bonds is 5. The first kappa shape index (κ1) is 18.1. The van der Waals surface area contributed by atoms with Gasteiger partial charge in [-0.2, -0.15) is 0 Å². The van der Waals surface area contributed by atoms with Crippen LogP contribution in [-0.2, 0) is 15.6 Å². The van der Waals surface area contributed by atoms with Crippen molar-refractivity contribution in [3.63, 3.8) is 0 Å². The number of allylic oxidation sites excluding steroid dienone is 2. The van der Waals surface area contributed by atoms with E-state index in [0.717, 1.165) is 38.3 Å². The molecule has 0 fully saturated rings. The first-order valence-electron chi connectivity index (χ1n) is 8.16. The van der Waals surface area contributed by atoms with E-state index in [1.807, 2.05) is 55.5 Å². The van der Waals surface area contributed by atoms with Gasteiger partial charge in [-0.3, -0.25) is 9.00 Å². The lowest BCUT2D eigenvalue weighted by Crippen LogP contribution is -1.97. The number of carbonyl (C=O) groups is 1. The number of ether oxygens (including phenoxy) is 1. The van der Waals surface area contributed by atoms with Crippen LogP contribution < -0.4 is 4.74 Å². The van der Waals surface area contributed by atoms with Gasteiger partial charge < -0.3 is 9.84 Å². The molecule has 0 heterocycles. The fourth-order valence-corrected chi connectivity index (χ4v) is 3.71. The Morgan fingerprint density at radius 2 is 1.85 bits per heavy atom. The number of hydrogen-bond donors (Lipinski definition) is 1. The van der Waals surface area contributed by atoms with E-state index in [2.05, 4.69) is 0 Å². The maximum atomic E-state index is 11.5. The lowest BCUT2D eigenvalue weighted by molar-refractivity contribution is -0.135. The van der Waals surface area contributed by atoms with Gasteiger partial charge in [0.25, 0.3) is 0 Å². The monoisotopic (exact) mass is 368 g/mol. The zero-order valence-electron chi connectivity index (χ0n) is 14.9. The molecule has 0 aliphatic heterocycles. The third-order valence-electron chi connectivity index (χ3n) is 4.55. The minimum absolute atomic E-state index is 0.0307. The van der Waals surface area contributed by atoms with E-state index in [9.17, 15) is 14.1 Å². The van der Waals surface area contributed by atoms with E-state index in [1.165, 1.54) is 0 Å². The van der Waals surface area contributed by atoms with Crippen molar-refractivity contribution in [1.82, 2.24) is 0 Å². The Kier molecular flexibility index (Phi) is 5.09. The molecule has 26 heavy (non-hydrogen) atoms. The number of carboxylic acid groups (broad SMARTS) is 1. The average molecular weight is 368 g/mol. The predicted octanol–water partition coefficient (Wildman–Crippen LogP) is 4.24. The third-order valence-corrected chi connectivity index (χ3v) is 5.49. The highest BCUT2D eigenvalue weighted by Crippen LogP contribution is 2.44. The Bertz CT molecular complexity index is 952. The highest BCUT2D eigenvalue weighted by Gasteiger charge is 2.25. The molecule has 0 saturated heterocycles. The second-order valence-corrected chi connectivity index (χ2v) is 7.55. The van der Waals surface area contributed by atoms with Crippen LogP contribution >= 0.6 is 0 Å². The number of hydrogen-bond acceptors (Lipinski definition) is 3. The van der Waals surface area contributed by atoms with Gasteiger partial charge in [-0.15, -0.1) is 0 Å². The van der Waals surface area contributed by atoms with E-state index >= 15 is 0 Å². The zero-order chi connectivity index (χ0) is 18.8. The molecular formula is C21H20O4S. The van der Waals surface area contributed by atoms with E-state index in [0.29, 0.717) is 5.75 Å². The SMILES string of the molecule is COc1ccc2c(c1)C(CC(=O)O)=C(C)/C2=C/c1ccc(S(C)=O)cc1. The molecule has 2 aromatic carbocycles. The van der Waals surface area contributed by atoms with Crippen molar-refractivity contribution in [3.05, 3.63) is 64.7 Å². The smallest absolute Gasteiger partial charge is 0.307 e. The van der Waals surface area contributed by atoms with Gasteiger partial charge in [0.1, 0.15) is 5.75 Å². The number of fused-ring (bicyclic) bond motifs is 1. The molecule has 0 spiro atoms. The van der Waals surface area contributed by atoms with Gasteiger partial charge in [-0.25, -0.2) is 0 Å². The van der Waals surface area contributed by atoms with Gasteiger partial charge in [0.05, 0.1) is 13.5 Å². The second-order valence-electron chi connectivity index (χ2n) is 6.17. The van der Waals surface area contributed by atoms with Crippen LogP contribution in [0.15, 0.2) is 52.9 Å². The van der Waals surface area contributed by atoms with Crippen molar-refractivity contribution in [2.75, 3.05) is 13.4 Å². The summed E-state index contributed by atoms with van der Waals surface area (Å²) in [7, 11) is 0.588. The highest BCUT2D eigenvalue weighted by molar-refractivity contribution is 7.84. The Labute approximate surface area is 155 Å². The molecule has 0 saturated carbocycles. The number of methoxy groups -OCH3 is 1. The molecule has 5 heteroatoms. The normalized spacial score (nSPS) is 15.9. The molecule has 2 aromatic rings. The topological polar surface area (TPSA) is 63.6 Å². The lowest BCUT2D eigenvalue weighted by atomic mass is 10.0. The third kappa shape index (κ3) is 3.48. The summed E-state index contributed by atoms with van der Waals surface area (Å²) >= 11 is 0. The Hall–Kier alpha value is -2.66. The minimum Gasteiger partial charge on any atom is -0.497 e. The van der Waals surface area contributed by atoms with E-state index in [1.54, 1.807) is 13.4 Å². The van der Waals surface area contributed by atoms with E-state index in [4.69, 9.17) is 4.74 Å². The predicted molar refractivity (Wildman–Crippen MR) is 104 cm³/mol. The van der Waals surface area contributed by atoms with Gasteiger partial charge in [0, 0.05) is 22.0 Å². The summed E-state index contributed by atoms with van der Waals surface area (Å²) in [4.78, 5) is 12.1. The largest absolute Gasteiger partial charge is 0.497 e. The Morgan fingerprint density at radius 1 is 1.15 bits per heavy atom. The van der Waals surface area contributed by atoms with Gasteiger partial charge in [-0.05, 0) is 70.7 Å². The molecule has 3 rings (SSSR count). The molecule has 1 aliphatic rings. The quantitative estimate of drug-likeness (QED) is 0.858. The Morgan fingerprint density at radius 3 is 2.42 bits per heavy atom. The van der Waals surface area contributed by atoms with Crippen molar-refractivity contribution in [3.8, 4) is 5.75 Å². The van der Waals surface area contributed by atoms with Crippen molar-refractivity contribution < 1.29 is 18.8 Å². The van der Waals surface area contributed by atoms with Crippen LogP contribution in [0.4, 0.5) is 0 Å². The van der Waals surface area contributed by atoms with E-state index < -0.39 is 16.8 Å². The first-order chi connectivity index (χ1) is 12.4. The number of carboxylic acids is 1. The molecule has 0 aromatic heterocycles. The van der Waals surface area contributed by atoms with Crippen LogP contribution in [0.25, 0.3) is 17.2 Å². The molecule has 1 atom stereocenters. The molecule has 0 radical (unpaired) electrons. The van der Waals surface area contributed by atoms with Crippen molar-refractivity contribution in [2.45, 2.75) is 18.2 Å². The van der Waals surface area contributed by atoms with Gasteiger partial charge >= 0.3 is 5.97 Å². The van der Waals surface area contributed by atoms with Crippen LogP contribution in [0, 0.1) is 0 Å². The molecule has 0 bridgehead atoms. The summed E-state index contributed by atoms with van der Waals surface area (Å²) in [5.74, 6) is -0.153. The number of benzene rings is 2. The summed E-state index contributed by atoms with van der Waals surface area (Å²) in [6.45, 7) is 1.95. The summed E-state index contributed by atoms with van der Waals surface area (Å²) in [5, 5.41) is 9.29. The first-order valence-corrected chi connectivity index (χ1v) is 9.72. The lowest BCUT2D eigenvalue weighted by Gasteiger charge is -2.07. The summed E-state index contributed by atoms with van der Waals surface area (Å²) in [5.41, 5.74) is 5.66. The van der Waals surface area contributed by atoms with Crippen LogP contribution in [-0.4, -0.2) is 28.7 Å².